The summed E-state index contributed by atoms with van der Waals surface area (Å²) in [5.74, 6) is 1.27. The number of nitrogens with zero attached hydrogens (tertiary/aromatic N) is 5. The second-order valence-electron chi connectivity index (χ2n) is 12.8. The maximum Gasteiger partial charge on any atom is 0.328 e. The van der Waals surface area contributed by atoms with Gasteiger partial charge in [0.25, 0.3) is 0 Å². The third-order valence-corrected chi connectivity index (χ3v) is 13.4. The van der Waals surface area contributed by atoms with Gasteiger partial charge in [0.05, 0.1) is 12.8 Å². The molecule has 1 N–H and O–H groups in total. The van der Waals surface area contributed by atoms with E-state index < -0.39 is 14.6 Å². The minimum absolute atomic E-state index is 0.0584. The highest BCUT2D eigenvalue weighted by atomic mass is 28.4. The van der Waals surface area contributed by atoms with Crippen LogP contribution in [0.1, 0.15) is 68.7 Å². The van der Waals surface area contributed by atoms with Crippen LogP contribution in [0, 0.1) is 11.3 Å². The molecule has 43 heavy (non-hydrogen) atoms. The van der Waals surface area contributed by atoms with Crippen LogP contribution in [-0.2, 0) is 26.9 Å². The monoisotopic (exact) mass is 610 g/mol. The largest absolute Gasteiger partial charge is 0.490 e. The molecule has 0 aromatic carbocycles. The van der Waals surface area contributed by atoms with E-state index in [0.29, 0.717) is 54.4 Å². The molecule has 0 saturated carbocycles. The number of anilines is 2. The van der Waals surface area contributed by atoms with E-state index in [9.17, 15) is 10.1 Å². The van der Waals surface area contributed by atoms with Crippen LogP contribution in [-0.4, -0.2) is 76.2 Å². The van der Waals surface area contributed by atoms with Crippen molar-refractivity contribution in [1.82, 2.24) is 14.9 Å². The van der Waals surface area contributed by atoms with Crippen molar-refractivity contribution in [3.63, 3.8) is 0 Å². The molecule has 2 amide bonds. The number of carbonyl (C=O) groups excluding carboxylic acids is 1. The van der Waals surface area contributed by atoms with Gasteiger partial charge < -0.3 is 23.5 Å². The van der Waals surface area contributed by atoms with Crippen LogP contribution in [0.4, 0.5) is 16.4 Å². The second kappa shape index (κ2) is 13.7. The number of carbonyl (C=O) groups is 1. The first-order valence-corrected chi connectivity index (χ1v) is 17.8. The zero-order chi connectivity index (χ0) is 31.4. The maximum absolute atomic E-state index is 13.6. The number of aryl methyl sites for hydroxylation is 1. The van der Waals surface area contributed by atoms with E-state index in [1.807, 2.05) is 0 Å². The fourth-order valence-corrected chi connectivity index (χ4v) is 6.08. The summed E-state index contributed by atoms with van der Waals surface area (Å²) in [6.07, 6.45) is 4.46. The van der Waals surface area contributed by atoms with Gasteiger partial charge in [-0.15, -0.1) is 0 Å². The highest BCUT2D eigenvalue weighted by Crippen LogP contribution is 2.38. The normalized spacial score (nSPS) is 17.6. The minimum atomic E-state index is -2.03. The zero-order valence-electron chi connectivity index (χ0n) is 26.8. The molecule has 2 aliphatic heterocycles. The van der Waals surface area contributed by atoms with Crippen LogP contribution in [0.5, 0.6) is 5.75 Å². The Morgan fingerprint density at radius 1 is 1.21 bits per heavy atom. The van der Waals surface area contributed by atoms with Crippen LogP contribution >= 0.6 is 0 Å². The molecule has 1 fully saturated rings. The van der Waals surface area contributed by atoms with Crippen LogP contribution in [0.3, 0.4) is 0 Å². The number of pyridine rings is 2. The third kappa shape index (κ3) is 7.53. The van der Waals surface area contributed by atoms with Crippen molar-refractivity contribution in [3.05, 3.63) is 40.7 Å². The van der Waals surface area contributed by atoms with Gasteiger partial charge in [0, 0.05) is 38.4 Å². The Bertz CT molecular complexity index is 1340. The van der Waals surface area contributed by atoms with Gasteiger partial charge in [-0.05, 0) is 69.0 Å². The molecule has 0 unspecified atom stereocenters. The molecule has 1 atom stereocenters. The molecule has 12 heteroatoms. The number of fused-ring (bicyclic) bond motifs is 1. The van der Waals surface area contributed by atoms with Gasteiger partial charge in [0.2, 0.25) is 6.29 Å². The first-order valence-electron chi connectivity index (χ1n) is 14.9. The quantitative estimate of drug-likeness (QED) is 0.270. The molecule has 1 saturated heterocycles. The van der Waals surface area contributed by atoms with Crippen LogP contribution < -0.4 is 15.0 Å². The highest BCUT2D eigenvalue weighted by molar-refractivity contribution is 6.74. The highest BCUT2D eigenvalue weighted by Gasteiger charge is 2.38. The number of hydrogen-bond acceptors (Lipinski definition) is 9. The smallest absolute Gasteiger partial charge is 0.328 e. The molecule has 2 aliphatic rings. The van der Waals surface area contributed by atoms with Crippen molar-refractivity contribution in [2.45, 2.75) is 83.5 Å². The number of hydrogen-bond donors (Lipinski definition) is 1. The van der Waals surface area contributed by atoms with Gasteiger partial charge in [0.15, 0.2) is 8.32 Å². The summed E-state index contributed by atoms with van der Waals surface area (Å²) in [6, 6.07) is 5.75. The van der Waals surface area contributed by atoms with Gasteiger partial charge >= 0.3 is 6.03 Å². The number of likely N-dealkylation sites (N-methyl/N-ethyl adjacent to an activating group) is 1. The number of urea groups is 1. The average Bonchev–Trinajstić information content (AvgIpc) is 3.39. The first-order chi connectivity index (χ1) is 20.4. The molecule has 4 heterocycles. The number of nitrogens with one attached hydrogen (secondary N) is 1. The molecular formula is C31H46N6O5Si. The van der Waals surface area contributed by atoms with E-state index in [4.69, 9.17) is 23.6 Å². The van der Waals surface area contributed by atoms with E-state index in [0.717, 1.165) is 43.4 Å². The topological polar surface area (TPSA) is 122 Å². The summed E-state index contributed by atoms with van der Waals surface area (Å²) in [4.78, 5) is 26.7. The fraction of sp³-hybridized carbons (Fsp3) is 0.613. The molecule has 2 aromatic heterocycles. The average molecular weight is 611 g/mol. The first kappa shape index (κ1) is 32.8. The lowest BCUT2D eigenvalue weighted by atomic mass is 10.0. The standard InChI is InChI=1S/C31H46N6O5Si/c1-31(2,3)43(7,8)42-19-22-15-21-11-9-14-37(28(21)35-27(22)29(39-5)40-6)30(38)34-26-16-25(23(17-32)18-33-26)41-20-24-12-10-13-36(24)4/h15-16,18,24,29H,9-14,19-20H2,1-8H3,(H,33,34,38)/t24-/m0/s1. The lowest BCUT2D eigenvalue weighted by Gasteiger charge is -2.36. The van der Waals surface area contributed by atoms with Gasteiger partial charge in [-0.3, -0.25) is 10.2 Å². The van der Waals surface area contributed by atoms with Crippen molar-refractivity contribution in [2.75, 3.05) is 51.2 Å². The van der Waals surface area contributed by atoms with E-state index in [-0.39, 0.29) is 11.1 Å². The Morgan fingerprint density at radius 3 is 2.58 bits per heavy atom. The SMILES string of the molecule is COC(OC)c1nc2c(cc1CO[Si](C)(C)C(C)(C)C)CCCN2C(=O)Nc1cc(OC[C@@H]2CCCN2C)c(C#N)cn1. The number of methoxy groups -OCH3 is 2. The van der Waals surface area contributed by atoms with Crippen molar-refractivity contribution in [1.29, 1.82) is 5.26 Å². The van der Waals surface area contributed by atoms with E-state index in [1.54, 1.807) is 25.2 Å². The summed E-state index contributed by atoms with van der Waals surface area (Å²) in [5, 5.41) is 12.5. The molecule has 2 aromatic rings. The summed E-state index contributed by atoms with van der Waals surface area (Å²) in [6.45, 7) is 13.4. The molecule has 0 spiro atoms. The molecule has 0 aliphatic carbocycles. The van der Waals surface area contributed by atoms with Crippen molar-refractivity contribution in [2.24, 2.45) is 0 Å². The van der Waals surface area contributed by atoms with Crippen LogP contribution in [0.15, 0.2) is 18.3 Å². The predicted molar refractivity (Wildman–Crippen MR) is 168 cm³/mol. The predicted octanol–water partition coefficient (Wildman–Crippen LogP) is 5.62. The van der Waals surface area contributed by atoms with Crippen molar-refractivity contribution >= 4 is 26.0 Å². The second-order valence-corrected chi connectivity index (χ2v) is 17.6. The third-order valence-electron chi connectivity index (χ3n) is 8.89. The number of nitriles is 1. The van der Waals surface area contributed by atoms with E-state index >= 15 is 0 Å². The summed E-state index contributed by atoms with van der Waals surface area (Å²) in [5.41, 5.74) is 2.77. The minimum Gasteiger partial charge on any atom is -0.490 e. The lowest BCUT2D eigenvalue weighted by molar-refractivity contribution is -0.109. The van der Waals surface area contributed by atoms with Crippen LogP contribution in [0.25, 0.3) is 0 Å². The summed E-state index contributed by atoms with van der Waals surface area (Å²) >= 11 is 0. The van der Waals surface area contributed by atoms with Gasteiger partial charge in [-0.2, -0.15) is 5.26 Å². The number of rotatable bonds is 10. The fourth-order valence-electron chi connectivity index (χ4n) is 5.13. The summed E-state index contributed by atoms with van der Waals surface area (Å²) in [7, 11) is 3.18. The molecule has 0 bridgehead atoms. The molecular weight excluding hydrogens is 564 g/mol. The summed E-state index contributed by atoms with van der Waals surface area (Å²) < 4.78 is 23.8. The van der Waals surface area contributed by atoms with Gasteiger partial charge in [-0.1, -0.05) is 20.8 Å². The number of likely N-dealkylation sites (tertiary alicyclic amines) is 1. The van der Waals surface area contributed by atoms with Crippen LogP contribution in [0.2, 0.25) is 18.1 Å². The molecule has 11 nitrogen and oxygen atoms in total. The van der Waals surface area contributed by atoms with Crippen molar-refractivity contribution < 1.29 is 23.4 Å². The Kier molecular flexibility index (Phi) is 10.5. The number of ether oxygens (including phenoxy) is 3. The van der Waals surface area contributed by atoms with E-state index in [2.05, 4.69) is 68.2 Å². The van der Waals surface area contributed by atoms with E-state index in [1.165, 1.54) is 6.20 Å². The van der Waals surface area contributed by atoms with Crippen molar-refractivity contribution in [3.8, 4) is 11.8 Å². The van der Waals surface area contributed by atoms with Gasteiger partial charge in [0.1, 0.15) is 41.3 Å². The number of amides is 2. The van der Waals surface area contributed by atoms with Gasteiger partial charge in [-0.25, -0.2) is 14.8 Å². The maximum atomic E-state index is 13.6. The molecule has 4 rings (SSSR count). The Hall–Kier alpha value is -3.08. The Balaban J connectivity index is 1.57. The number of aromatic nitrogens is 2. The Morgan fingerprint density at radius 2 is 1.95 bits per heavy atom. The Labute approximate surface area is 256 Å². The molecule has 234 valence electrons. The zero-order valence-corrected chi connectivity index (χ0v) is 27.8. The molecule has 0 radical (unpaired) electrons. The lowest BCUT2D eigenvalue weighted by Crippen LogP contribution is -2.41.